The van der Waals surface area contributed by atoms with Crippen LogP contribution in [0.25, 0.3) is 38.8 Å². The third kappa shape index (κ3) is 3.51. The summed E-state index contributed by atoms with van der Waals surface area (Å²) in [6.45, 7) is 0. The first-order chi connectivity index (χ1) is 19.3. The molecule has 0 radical (unpaired) electrons. The second-order valence-electron chi connectivity index (χ2n) is 9.69. The molecular weight excluding hydrogens is 482 g/mol. The van der Waals surface area contributed by atoms with Crippen molar-refractivity contribution in [3.8, 4) is 16.9 Å². The number of benzene rings is 4. The Morgan fingerprint density at radius 1 is 0.718 bits per heavy atom. The predicted molar refractivity (Wildman–Crippen MR) is 156 cm³/mol. The number of furan rings is 1. The van der Waals surface area contributed by atoms with E-state index in [1.807, 2.05) is 48.8 Å². The largest absolute Gasteiger partial charge is 0.466 e. The van der Waals surface area contributed by atoms with Crippen LogP contribution in [-0.4, -0.2) is 11.2 Å². The summed E-state index contributed by atoms with van der Waals surface area (Å²) in [6, 6.07) is 37.5. The molecule has 5 nitrogen and oxygen atoms in total. The Kier molecular flexibility index (Phi) is 4.82. The van der Waals surface area contributed by atoms with Gasteiger partial charge in [0, 0.05) is 28.4 Å². The molecule has 0 saturated carbocycles. The highest BCUT2D eigenvalue weighted by atomic mass is 16.5. The minimum atomic E-state index is -0.264. The van der Waals surface area contributed by atoms with E-state index in [4.69, 9.17) is 14.1 Å². The number of hydrogen-bond donors (Lipinski definition) is 1. The van der Waals surface area contributed by atoms with E-state index in [0.29, 0.717) is 5.71 Å². The number of hydrogen-bond acceptors (Lipinski definition) is 5. The van der Waals surface area contributed by atoms with Crippen LogP contribution in [0.3, 0.4) is 0 Å². The number of nitrogens with zero attached hydrogens (tertiary/aromatic N) is 2. The molecule has 4 heterocycles. The summed E-state index contributed by atoms with van der Waals surface area (Å²) in [6.07, 6.45) is 5.69. The lowest BCUT2D eigenvalue weighted by Gasteiger charge is -2.31. The van der Waals surface area contributed by atoms with Crippen molar-refractivity contribution in [3.63, 3.8) is 0 Å². The molecule has 4 aromatic carbocycles. The second-order valence-corrected chi connectivity index (χ2v) is 9.69. The Hall–Kier alpha value is -5.29. The SMILES string of the molecule is C1=CC(N(c2ccc(-c3ccccc3)cc2)c2cnc3oc4ccccc4c3c2)=C2c3ccccc3OC2N1. The van der Waals surface area contributed by atoms with Crippen molar-refractivity contribution in [2.45, 2.75) is 6.23 Å². The Bertz CT molecular complexity index is 1920. The van der Waals surface area contributed by atoms with E-state index < -0.39 is 0 Å². The van der Waals surface area contributed by atoms with Crippen molar-refractivity contribution < 1.29 is 9.15 Å². The molecule has 6 aromatic rings. The van der Waals surface area contributed by atoms with E-state index in [9.17, 15) is 0 Å². The van der Waals surface area contributed by atoms with Crippen LogP contribution in [0.4, 0.5) is 11.4 Å². The van der Waals surface area contributed by atoms with Crippen LogP contribution in [0.15, 0.2) is 138 Å². The van der Waals surface area contributed by atoms with Gasteiger partial charge in [-0.05, 0) is 47.5 Å². The number of rotatable bonds is 4. The summed E-state index contributed by atoms with van der Waals surface area (Å²) < 4.78 is 12.3. The molecule has 2 aromatic heterocycles. The van der Waals surface area contributed by atoms with Crippen molar-refractivity contribution in [1.82, 2.24) is 10.3 Å². The van der Waals surface area contributed by atoms with Crippen LogP contribution in [0.2, 0.25) is 0 Å². The molecular formula is C34H23N3O2. The fourth-order valence-electron chi connectivity index (χ4n) is 5.59. The number of aromatic nitrogens is 1. The zero-order valence-electron chi connectivity index (χ0n) is 20.9. The summed E-state index contributed by atoms with van der Waals surface area (Å²) in [5, 5.41) is 5.41. The maximum Gasteiger partial charge on any atom is 0.227 e. The Balaban J connectivity index is 1.34. The average molecular weight is 506 g/mol. The van der Waals surface area contributed by atoms with E-state index in [1.54, 1.807) is 0 Å². The molecule has 0 aliphatic carbocycles. The van der Waals surface area contributed by atoms with Gasteiger partial charge in [-0.2, -0.15) is 0 Å². The minimum Gasteiger partial charge on any atom is -0.466 e. The normalized spacial score (nSPS) is 15.6. The number of anilines is 2. The highest BCUT2D eigenvalue weighted by molar-refractivity contribution is 6.05. The van der Waals surface area contributed by atoms with Gasteiger partial charge in [0.15, 0.2) is 6.23 Å². The first kappa shape index (κ1) is 21.8. The van der Waals surface area contributed by atoms with Crippen LogP contribution >= 0.6 is 0 Å². The van der Waals surface area contributed by atoms with E-state index in [1.165, 1.54) is 11.1 Å². The molecule has 2 aliphatic rings. The number of ether oxygens (including phenoxy) is 1. The lowest BCUT2D eigenvalue weighted by atomic mass is 9.99. The van der Waals surface area contributed by atoms with E-state index in [2.05, 4.69) is 89.1 Å². The smallest absolute Gasteiger partial charge is 0.227 e. The minimum absolute atomic E-state index is 0.264. The van der Waals surface area contributed by atoms with Gasteiger partial charge in [0.1, 0.15) is 11.3 Å². The van der Waals surface area contributed by atoms with Gasteiger partial charge in [-0.1, -0.05) is 78.9 Å². The molecule has 8 rings (SSSR count). The molecule has 1 atom stereocenters. The summed E-state index contributed by atoms with van der Waals surface area (Å²) >= 11 is 0. The molecule has 2 aliphatic heterocycles. The molecule has 0 bridgehead atoms. The summed E-state index contributed by atoms with van der Waals surface area (Å²) in [4.78, 5) is 7.01. The summed E-state index contributed by atoms with van der Waals surface area (Å²) in [7, 11) is 0. The monoisotopic (exact) mass is 505 g/mol. The topological polar surface area (TPSA) is 50.5 Å². The molecule has 5 heteroatoms. The van der Waals surface area contributed by atoms with Gasteiger partial charge >= 0.3 is 0 Å². The van der Waals surface area contributed by atoms with Gasteiger partial charge in [-0.25, -0.2) is 4.98 Å². The molecule has 1 unspecified atom stereocenters. The third-order valence-corrected chi connectivity index (χ3v) is 7.40. The van der Waals surface area contributed by atoms with Gasteiger partial charge in [0.05, 0.1) is 23.0 Å². The third-order valence-electron chi connectivity index (χ3n) is 7.40. The van der Waals surface area contributed by atoms with Gasteiger partial charge in [-0.15, -0.1) is 0 Å². The average Bonchev–Trinajstić information content (AvgIpc) is 3.57. The molecule has 1 N–H and O–H groups in total. The van der Waals surface area contributed by atoms with Gasteiger partial charge in [-0.3, -0.25) is 0 Å². The van der Waals surface area contributed by atoms with Gasteiger partial charge in [0.2, 0.25) is 5.71 Å². The molecule has 0 spiro atoms. The Morgan fingerprint density at radius 2 is 1.49 bits per heavy atom. The van der Waals surface area contributed by atoms with Crippen molar-refractivity contribution in [2.75, 3.05) is 4.90 Å². The zero-order chi connectivity index (χ0) is 25.8. The van der Waals surface area contributed by atoms with E-state index in [-0.39, 0.29) is 6.23 Å². The fraction of sp³-hybridized carbons (Fsp3) is 0.0294. The number of nitrogens with one attached hydrogen (secondary N) is 1. The van der Waals surface area contributed by atoms with Crippen LogP contribution in [0.1, 0.15) is 5.56 Å². The van der Waals surface area contributed by atoms with Crippen LogP contribution < -0.4 is 15.0 Å². The molecule has 0 saturated heterocycles. The molecule has 0 fully saturated rings. The maximum absolute atomic E-state index is 6.28. The van der Waals surface area contributed by atoms with Crippen molar-refractivity contribution in [2.24, 2.45) is 0 Å². The fourth-order valence-corrected chi connectivity index (χ4v) is 5.59. The Morgan fingerprint density at radius 3 is 2.38 bits per heavy atom. The molecule has 186 valence electrons. The van der Waals surface area contributed by atoms with Crippen LogP contribution in [0.5, 0.6) is 5.75 Å². The molecule has 39 heavy (non-hydrogen) atoms. The van der Waals surface area contributed by atoms with E-state index in [0.717, 1.165) is 50.3 Å². The van der Waals surface area contributed by atoms with Gasteiger partial charge < -0.3 is 19.4 Å². The summed E-state index contributed by atoms with van der Waals surface area (Å²) in [5.74, 6) is 0.875. The zero-order valence-corrected chi connectivity index (χ0v) is 20.9. The van der Waals surface area contributed by atoms with Crippen LogP contribution in [-0.2, 0) is 0 Å². The quantitative estimate of drug-likeness (QED) is 0.263. The van der Waals surface area contributed by atoms with Crippen LogP contribution in [0, 0.1) is 0 Å². The van der Waals surface area contributed by atoms with Crippen molar-refractivity contribution in [3.05, 3.63) is 139 Å². The number of dihydropyridines is 1. The summed E-state index contributed by atoms with van der Waals surface area (Å²) in [5.41, 5.74) is 9.00. The number of fused-ring (bicyclic) bond motifs is 6. The molecule has 0 amide bonds. The lowest BCUT2D eigenvalue weighted by Crippen LogP contribution is -2.33. The second kappa shape index (κ2) is 8.64. The number of allylic oxidation sites excluding steroid dienone is 1. The number of pyridine rings is 1. The Labute approximate surface area is 225 Å². The lowest BCUT2D eigenvalue weighted by molar-refractivity contribution is 0.253. The highest BCUT2D eigenvalue weighted by Crippen LogP contribution is 2.44. The number of para-hydroxylation sites is 2. The standard InChI is InChI=1S/C34H23N3O2/c1-2-8-22(9-3-1)23-14-16-24(17-15-23)37(25-20-28-26-10-4-6-12-30(26)38-33(28)36-21-25)29-18-19-35-34-32(29)27-11-5-7-13-31(27)39-34/h1-21,34-35H. The van der Waals surface area contributed by atoms with E-state index >= 15 is 0 Å². The first-order valence-corrected chi connectivity index (χ1v) is 13.0. The van der Waals surface area contributed by atoms with Crippen molar-refractivity contribution >= 4 is 39.0 Å². The highest BCUT2D eigenvalue weighted by Gasteiger charge is 2.34. The van der Waals surface area contributed by atoms with Crippen molar-refractivity contribution in [1.29, 1.82) is 0 Å². The predicted octanol–water partition coefficient (Wildman–Crippen LogP) is 8.03. The van der Waals surface area contributed by atoms with Gasteiger partial charge in [0.25, 0.3) is 0 Å². The maximum atomic E-state index is 6.28. The first-order valence-electron chi connectivity index (χ1n) is 13.0.